The van der Waals surface area contributed by atoms with E-state index in [2.05, 4.69) is 5.32 Å². The number of hydrogen-bond donors (Lipinski definition) is 2. The molecule has 0 aromatic heterocycles. The summed E-state index contributed by atoms with van der Waals surface area (Å²) in [4.78, 5) is 12.3. The Labute approximate surface area is 136 Å². The summed E-state index contributed by atoms with van der Waals surface area (Å²) in [5.41, 5.74) is 6.65. The lowest BCUT2D eigenvalue weighted by Crippen LogP contribution is -2.14. The molecule has 0 bridgehead atoms. The van der Waals surface area contributed by atoms with Crippen molar-refractivity contribution in [2.75, 3.05) is 18.2 Å². The molecule has 0 spiro atoms. The van der Waals surface area contributed by atoms with Crippen LogP contribution in [0.3, 0.4) is 0 Å². The number of ether oxygens (including phenoxy) is 1. The summed E-state index contributed by atoms with van der Waals surface area (Å²) in [6.07, 6.45) is 0. The van der Waals surface area contributed by atoms with Crippen molar-refractivity contribution in [2.24, 2.45) is 0 Å². The highest BCUT2D eigenvalue weighted by Gasteiger charge is 2.16. The van der Waals surface area contributed by atoms with Crippen molar-refractivity contribution < 1.29 is 9.53 Å². The van der Waals surface area contributed by atoms with Crippen LogP contribution in [0.15, 0.2) is 30.3 Å². The second kappa shape index (κ2) is 6.43. The maximum Gasteiger partial charge on any atom is 0.257 e. The number of hydrogen-bond acceptors (Lipinski definition) is 3. The van der Waals surface area contributed by atoms with E-state index in [1.54, 1.807) is 18.2 Å². The molecule has 0 saturated carbocycles. The fourth-order valence-corrected chi connectivity index (χ4v) is 2.38. The van der Waals surface area contributed by atoms with Gasteiger partial charge in [-0.15, -0.1) is 0 Å². The number of benzene rings is 2. The minimum atomic E-state index is -0.451. The zero-order valence-corrected chi connectivity index (χ0v) is 13.2. The molecule has 0 atom stereocenters. The third-order valence-corrected chi connectivity index (χ3v) is 3.57. The van der Waals surface area contributed by atoms with Gasteiger partial charge in [-0.25, -0.2) is 0 Å². The summed E-state index contributed by atoms with van der Waals surface area (Å²) >= 11 is 17.9. The third-order valence-electron chi connectivity index (χ3n) is 2.71. The van der Waals surface area contributed by atoms with Gasteiger partial charge < -0.3 is 15.8 Å². The largest absolute Gasteiger partial charge is 0.494 e. The monoisotopic (exact) mass is 344 g/mol. The number of methoxy groups -OCH3 is 1. The van der Waals surface area contributed by atoms with Gasteiger partial charge in [0.2, 0.25) is 0 Å². The van der Waals surface area contributed by atoms with E-state index in [9.17, 15) is 4.79 Å². The molecule has 0 saturated heterocycles. The van der Waals surface area contributed by atoms with Gasteiger partial charge in [-0.3, -0.25) is 4.79 Å². The SMILES string of the molecule is COc1cc(N)cc(Cl)c1NC(=O)c1cc(Cl)ccc1Cl. The topological polar surface area (TPSA) is 64.3 Å². The molecule has 2 aromatic rings. The second-order valence-corrected chi connectivity index (χ2v) is 5.41. The summed E-state index contributed by atoms with van der Waals surface area (Å²) in [5, 5.41) is 3.59. The van der Waals surface area contributed by atoms with Crippen LogP contribution in [0.25, 0.3) is 0 Å². The molecular formula is C14H11Cl3N2O2. The predicted octanol–water partition coefficient (Wildman–Crippen LogP) is 4.49. The Hall–Kier alpha value is -1.62. The molecule has 1 amide bonds. The molecule has 0 fully saturated rings. The van der Waals surface area contributed by atoms with Crippen LogP contribution in [0.1, 0.15) is 10.4 Å². The van der Waals surface area contributed by atoms with Crippen LogP contribution < -0.4 is 15.8 Å². The molecule has 3 N–H and O–H groups in total. The van der Waals surface area contributed by atoms with Gasteiger partial charge in [-0.05, 0) is 24.3 Å². The van der Waals surface area contributed by atoms with Gasteiger partial charge in [-0.2, -0.15) is 0 Å². The Morgan fingerprint density at radius 1 is 1.14 bits per heavy atom. The number of halogens is 3. The number of nitrogen functional groups attached to an aromatic ring is 1. The van der Waals surface area contributed by atoms with Crippen LogP contribution in [0.5, 0.6) is 5.75 Å². The lowest BCUT2D eigenvalue weighted by Gasteiger charge is -2.13. The molecule has 0 aliphatic rings. The molecule has 2 aromatic carbocycles. The molecule has 0 radical (unpaired) electrons. The van der Waals surface area contributed by atoms with Crippen molar-refractivity contribution in [1.29, 1.82) is 0 Å². The van der Waals surface area contributed by atoms with E-state index in [-0.39, 0.29) is 15.6 Å². The number of amides is 1. The Bertz CT molecular complexity index is 705. The zero-order chi connectivity index (χ0) is 15.6. The van der Waals surface area contributed by atoms with Gasteiger partial charge >= 0.3 is 0 Å². The molecule has 2 rings (SSSR count). The number of anilines is 2. The molecular weight excluding hydrogens is 335 g/mol. The summed E-state index contributed by atoms with van der Waals surface area (Å²) < 4.78 is 5.16. The van der Waals surface area contributed by atoms with E-state index in [4.69, 9.17) is 45.3 Å². The van der Waals surface area contributed by atoms with E-state index < -0.39 is 5.91 Å². The molecule has 21 heavy (non-hydrogen) atoms. The van der Waals surface area contributed by atoms with Crippen molar-refractivity contribution in [3.63, 3.8) is 0 Å². The van der Waals surface area contributed by atoms with Crippen molar-refractivity contribution in [1.82, 2.24) is 0 Å². The fraction of sp³-hybridized carbons (Fsp3) is 0.0714. The molecule has 0 heterocycles. The van der Waals surface area contributed by atoms with E-state index in [0.717, 1.165) is 0 Å². The highest BCUT2D eigenvalue weighted by Crippen LogP contribution is 2.35. The normalized spacial score (nSPS) is 10.3. The van der Waals surface area contributed by atoms with E-state index >= 15 is 0 Å². The van der Waals surface area contributed by atoms with Crippen LogP contribution in [-0.2, 0) is 0 Å². The van der Waals surface area contributed by atoms with Gasteiger partial charge in [0.05, 0.1) is 22.7 Å². The molecule has 7 heteroatoms. The zero-order valence-electron chi connectivity index (χ0n) is 10.9. The van der Waals surface area contributed by atoms with E-state index in [1.165, 1.54) is 19.2 Å². The summed E-state index contributed by atoms with van der Waals surface area (Å²) in [6.45, 7) is 0. The summed E-state index contributed by atoms with van der Waals surface area (Å²) in [6, 6.07) is 7.68. The first kappa shape index (κ1) is 15.8. The van der Waals surface area contributed by atoms with Crippen LogP contribution in [-0.4, -0.2) is 13.0 Å². The Kier molecular flexibility index (Phi) is 4.83. The molecule has 110 valence electrons. The van der Waals surface area contributed by atoms with Gasteiger partial charge in [0, 0.05) is 16.8 Å². The highest BCUT2D eigenvalue weighted by molar-refractivity contribution is 6.37. The molecule has 0 aliphatic carbocycles. The quantitative estimate of drug-likeness (QED) is 0.806. The number of carbonyl (C=O) groups excluding carboxylic acids is 1. The number of nitrogens with two attached hydrogens (primary N) is 1. The lowest BCUT2D eigenvalue weighted by molar-refractivity contribution is 0.102. The second-order valence-electron chi connectivity index (χ2n) is 4.16. The standard InChI is InChI=1S/C14H11Cl3N2O2/c1-21-12-6-8(18)5-11(17)13(12)19-14(20)9-4-7(15)2-3-10(9)16/h2-6H,18H2,1H3,(H,19,20). The predicted molar refractivity (Wildman–Crippen MR) is 86.8 cm³/mol. The minimum Gasteiger partial charge on any atom is -0.494 e. The number of rotatable bonds is 3. The maximum absolute atomic E-state index is 12.3. The fourth-order valence-electron chi connectivity index (χ4n) is 1.74. The first-order valence-electron chi connectivity index (χ1n) is 5.81. The minimum absolute atomic E-state index is 0.235. The molecule has 0 aliphatic heterocycles. The van der Waals surface area contributed by atoms with Gasteiger partial charge in [0.15, 0.2) is 0 Å². The van der Waals surface area contributed by atoms with Crippen LogP contribution in [0.2, 0.25) is 15.1 Å². The van der Waals surface area contributed by atoms with Crippen LogP contribution in [0, 0.1) is 0 Å². The number of nitrogens with one attached hydrogen (secondary N) is 1. The van der Waals surface area contributed by atoms with Crippen LogP contribution >= 0.6 is 34.8 Å². The van der Waals surface area contributed by atoms with Crippen molar-refractivity contribution >= 4 is 52.1 Å². The van der Waals surface area contributed by atoms with Gasteiger partial charge in [-0.1, -0.05) is 34.8 Å². The lowest BCUT2D eigenvalue weighted by atomic mass is 10.2. The summed E-state index contributed by atoms with van der Waals surface area (Å²) in [5.74, 6) is -0.0982. The Morgan fingerprint density at radius 2 is 1.86 bits per heavy atom. The maximum atomic E-state index is 12.3. The van der Waals surface area contributed by atoms with Crippen molar-refractivity contribution in [3.8, 4) is 5.75 Å². The smallest absolute Gasteiger partial charge is 0.257 e. The first-order chi connectivity index (χ1) is 9.92. The Balaban J connectivity index is 2.38. The Morgan fingerprint density at radius 3 is 2.52 bits per heavy atom. The van der Waals surface area contributed by atoms with E-state index in [1.807, 2.05) is 0 Å². The molecule has 0 unspecified atom stereocenters. The van der Waals surface area contributed by atoms with Crippen molar-refractivity contribution in [2.45, 2.75) is 0 Å². The van der Waals surface area contributed by atoms with E-state index in [0.29, 0.717) is 22.1 Å². The highest BCUT2D eigenvalue weighted by atomic mass is 35.5. The van der Waals surface area contributed by atoms with Gasteiger partial charge in [0.1, 0.15) is 11.4 Å². The van der Waals surface area contributed by atoms with Gasteiger partial charge in [0.25, 0.3) is 5.91 Å². The van der Waals surface area contributed by atoms with Crippen molar-refractivity contribution in [3.05, 3.63) is 51.0 Å². The number of carbonyl (C=O) groups is 1. The van der Waals surface area contributed by atoms with Crippen LogP contribution in [0.4, 0.5) is 11.4 Å². The first-order valence-corrected chi connectivity index (χ1v) is 6.95. The molecule has 4 nitrogen and oxygen atoms in total. The third kappa shape index (κ3) is 3.53. The summed E-state index contributed by atoms with van der Waals surface area (Å²) in [7, 11) is 1.45. The average molecular weight is 346 g/mol. The average Bonchev–Trinajstić information content (AvgIpc) is 2.43.